The lowest BCUT2D eigenvalue weighted by Crippen LogP contribution is -2.11. The van der Waals surface area contributed by atoms with Crippen molar-refractivity contribution in [1.82, 2.24) is 0 Å². The minimum absolute atomic E-state index is 0.164. The van der Waals surface area contributed by atoms with Gasteiger partial charge in [-0.3, -0.25) is 4.79 Å². The second-order valence-corrected chi connectivity index (χ2v) is 7.72. The van der Waals surface area contributed by atoms with E-state index in [1.165, 1.54) is 24.1 Å². The van der Waals surface area contributed by atoms with Crippen molar-refractivity contribution in [3.05, 3.63) is 50.3 Å². The molecule has 0 saturated heterocycles. The number of nitrogens with zero attached hydrogens (tertiary/aromatic N) is 1. The van der Waals surface area contributed by atoms with Crippen molar-refractivity contribution < 1.29 is 4.79 Å². The maximum atomic E-state index is 12.4. The number of nitrogens with one attached hydrogen (secondary N) is 1. The van der Waals surface area contributed by atoms with Crippen molar-refractivity contribution >= 4 is 38.2 Å². The first-order valence-corrected chi connectivity index (χ1v) is 9.41. The number of rotatable bonds is 2. The van der Waals surface area contributed by atoms with Gasteiger partial charge in [-0.1, -0.05) is 28.8 Å². The molecule has 1 aliphatic carbocycles. The number of nitriles is 1. The fourth-order valence-corrected chi connectivity index (χ4v) is 4.40. The van der Waals surface area contributed by atoms with Crippen LogP contribution in [0.3, 0.4) is 0 Å². The lowest BCUT2D eigenvalue weighted by atomic mass is 9.97. The van der Waals surface area contributed by atoms with Gasteiger partial charge in [-0.25, -0.2) is 0 Å². The van der Waals surface area contributed by atoms with Gasteiger partial charge >= 0.3 is 0 Å². The van der Waals surface area contributed by atoms with Crippen molar-refractivity contribution in [2.45, 2.75) is 38.5 Å². The first-order valence-electron chi connectivity index (χ1n) is 7.80. The van der Waals surface area contributed by atoms with E-state index in [9.17, 15) is 10.1 Å². The number of benzene rings is 1. The fraction of sp³-hybridized carbons (Fsp3) is 0.333. The van der Waals surface area contributed by atoms with Crippen LogP contribution in [0.1, 0.15) is 52.0 Å². The number of hydrogen-bond donors (Lipinski definition) is 1. The molecule has 1 N–H and O–H groups in total. The third kappa shape index (κ3) is 3.65. The highest BCUT2D eigenvalue weighted by molar-refractivity contribution is 9.10. The van der Waals surface area contributed by atoms with Crippen LogP contribution in [-0.4, -0.2) is 5.91 Å². The minimum atomic E-state index is -0.164. The molecule has 1 aliphatic rings. The topological polar surface area (TPSA) is 52.9 Å². The molecule has 0 bridgehead atoms. The number of carbonyl (C=O) groups excluding carboxylic acids is 1. The molecule has 0 aliphatic heterocycles. The van der Waals surface area contributed by atoms with Gasteiger partial charge in [-0.2, -0.15) is 5.26 Å². The Morgan fingerprint density at radius 1 is 1.13 bits per heavy atom. The van der Waals surface area contributed by atoms with E-state index in [0.717, 1.165) is 29.3 Å². The van der Waals surface area contributed by atoms with Crippen molar-refractivity contribution in [2.75, 3.05) is 5.32 Å². The summed E-state index contributed by atoms with van der Waals surface area (Å²) < 4.78 is 0.936. The third-order valence-electron chi connectivity index (χ3n) is 4.12. The van der Waals surface area contributed by atoms with E-state index in [0.29, 0.717) is 16.1 Å². The van der Waals surface area contributed by atoms with Crippen LogP contribution in [-0.2, 0) is 12.8 Å². The molecule has 2 aromatic rings. The normalized spacial score (nSPS) is 14.3. The van der Waals surface area contributed by atoms with Crippen LogP contribution in [0, 0.1) is 11.3 Å². The lowest BCUT2D eigenvalue weighted by Gasteiger charge is -2.08. The van der Waals surface area contributed by atoms with Crippen molar-refractivity contribution in [3.63, 3.8) is 0 Å². The highest BCUT2D eigenvalue weighted by Gasteiger charge is 2.20. The predicted molar refractivity (Wildman–Crippen MR) is 97.0 cm³/mol. The number of halogens is 1. The van der Waals surface area contributed by atoms with E-state index in [1.54, 1.807) is 23.5 Å². The van der Waals surface area contributed by atoms with Crippen molar-refractivity contribution in [3.8, 4) is 6.07 Å². The first kappa shape index (κ1) is 16.2. The van der Waals surface area contributed by atoms with Gasteiger partial charge in [0.2, 0.25) is 0 Å². The van der Waals surface area contributed by atoms with E-state index < -0.39 is 0 Å². The number of carbonyl (C=O) groups is 1. The highest BCUT2D eigenvalue weighted by Crippen LogP contribution is 2.36. The molecule has 23 heavy (non-hydrogen) atoms. The molecule has 1 aromatic heterocycles. The van der Waals surface area contributed by atoms with Gasteiger partial charge < -0.3 is 5.32 Å². The Morgan fingerprint density at radius 2 is 1.83 bits per heavy atom. The zero-order chi connectivity index (χ0) is 16.2. The van der Waals surface area contributed by atoms with Crippen LogP contribution in [0.15, 0.2) is 28.7 Å². The summed E-state index contributed by atoms with van der Waals surface area (Å²) in [5, 5.41) is 13.2. The van der Waals surface area contributed by atoms with E-state index in [2.05, 4.69) is 27.3 Å². The lowest BCUT2D eigenvalue weighted by molar-refractivity contribution is 0.102. The number of hydrogen-bond acceptors (Lipinski definition) is 3. The summed E-state index contributed by atoms with van der Waals surface area (Å²) in [6, 6.07) is 9.53. The maximum Gasteiger partial charge on any atom is 0.256 e. The third-order valence-corrected chi connectivity index (χ3v) is 5.85. The van der Waals surface area contributed by atoms with Crippen molar-refractivity contribution in [2.24, 2.45) is 0 Å². The van der Waals surface area contributed by atoms with E-state index in [4.69, 9.17) is 0 Å². The molecule has 118 valence electrons. The molecule has 0 atom stereocenters. The average Bonchev–Trinajstić information content (AvgIpc) is 2.83. The minimum Gasteiger partial charge on any atom is -0.312 e. The quantitative estimate of drug-likeness (QED) is 0.759. The molecule has 0 spiro atoms. The highest BCUT2D eigenvalue weighted by atomic mass is 79.9. The van der Waals surface area contributed by atoms with E-state index >= 15 is 0 Å². The molecule has 0 unspecified atom stereocenters. The predicted octanol–water partition coefficient (Wildman–Crippen LogP) is 5.29. The Kier molecular flexibility index (Phi) is 5.14. The second kappa shape index (κ2) is 7.29. The van der Waals surface area contributed by atoms with Gasteiger partial charge in [-0.05, 0) is 55.5 Å². The van der Waals surface area contributed by atoms with Gasteiger partial charge in [0.1, 0.15) is 11.1 Å². The van der Waals surface area contributed by atoms with Crippen LogP contribution >= 0.6 is 27.3 Å². The largest absolute Gasteiger partial charge is 0.312 e. The molecule has 0 saturated carbocycles. The molecule has 0 fully saturated rings. The standard InChI is InChI=1S/C18H17BrN2OS/c19-13-9-7-12(8-10-13)17(22)21-18-15(11-20)14-5-3-1-2-4-6-16(14)23-18/h7-10H,1-6H2,(H,21,22). The molecule has 1 amide bonds. The fourth-order valence-electron chi connectivity index (χ4n) is 2.90. The van der Waals surface area contributed by atoms with E-state index in [1.807, 2.05) is 12.1 Å². The van der Waals surface area contributed by atoms with Gasteiger partial charge in [0.25, 0.3) is 5.91 Å². The summed E-state index contributed by atoms with van der Waals surface area (Å²) in [5.41, 5.74) is 2.42. The Bertz CT molecular complexity index is 759. The summed E-state index contributed by atoms with van der Waals surface area (Å²) in [6.07, 6.45) is 6.73. The maximum absolute atomic E-state index is 12.4. The summed E-state index contributed by atoms with van der Waals surface area (Å²) in [4.78, 5) is 13.7. The van der Waals surface area contributed by atoms with Crippen molar-refractivity contribution in [1.29, 1.82) is 5.26 Å². The van der Waals surface area contributed by atoms with Gasteiger partial charge in [0.05, 0.1) is 5.56 Å². The number of fused-ring (bicyclic) bond motifs is 1. The Hall–Kier alpha value is -1.64. The molecule has 1 aromatic carbocycles. The van der Waals surface area contributed by atoms with Gasteiger partial charge in [0, 0.05) is 14.9 Å². The summed E-state index contributed by atoms with van der Waals surface area (Å²) in [6.45, 7) is 0. The average molecular weight is 389 g/mol. The summed E-state index contributed by atoms with van der Waals surface area (Å²) >= 11 is 4.94. The number of anilines is 1. The van der Waals surface area contributed by atoms with E-state index in [-0.39, 0.29) is 5.91 Å². The Labute approximate surface area is 148 Å². The Morgan fingerprint density at radius 3 is 2.52 bits per heavy atom. The van der Waals surface area contributed by atoms with Gasteiger partial charge in [0.15, 0.2) is 0 Å². The molecule has 1 heterocycles. The zero-order valence-corrected chi connectivity index (χ0v) is 15.1. The molecule has 3 rings (SSSR count). The Balaban J connectivity index is 1.87. The molecule has 3 nitrogen and oxygen atoms in total. The van der Waals surface area contributed by atoms with Crippen LogP contribution in [0.25, 0.3) is 0 Å². The zero-order valence-electron chi connectivity index (χ0n) is 12.7. The number of thiophene rings is 1. The monoisotopic (exact) mass is 388 g/mol. The summed E-state index contributed by atoms with van der Waals surface area (Å²) in [5.74, 6) is -0.164. The van der Waals surface area contributed by atoms with Crippen LogP contribution in [0.2, 0.25) is 0 Å². The smallest absolute Gasteiger partial charge is 0.256 e. The molecule has 0 radical (unpaired) electrons. The van der Waals surface area contributed by atoms with Crippen LogP contribution in [0.4, 0.5) is 5.00 Å². The molecular weight excluding hydrogens is 372 g/mol. The SMILES string of the molecule is N#Cc1c(NC(=O)c2ccc(Br)cc2)sc2c1CCCCCC2. The van der Waals surface area contributed by atoms with Gasteiger partial charge in [-0.15, -0.1) is 11.3 Å². The van der Waals surface area contributed by atoms with Crippen LogP contribution in [0.5, 0.6) is 0 Å². The number of aryl methyl sites for hydroxylation is 1. The molecular formula is C18H17BrN2OS. The van der Waals surface area contributed by atoms with Crippen LogP contribution < -0.4 is 5.32 Å². The number of amides is 1. The first-order chi connectivity index (χ1) is 11.2. The second-order valence-electron chi connectivity index (χ2n) is 5.69. The molecule has 5 heteroatoms. The summed E-state index contributed by atoms with van der Waals surface area (Å²) in [7, 11) is 0.